The molecule has 1 amide bonds. The van der Waals surface area contributed by atoms with Gasteiger partial charge < -0.3 is 5.32 Å². The molecule has 0 radical (unpaired) electrons. The Morgan fingerprint density at radius 3 is 2.47 bits per heavy atom. The molecule has 0 saturated carbocycles. The summed E-state index contributed by atoms with van der Waals surface area (Å²) < 4.78 is 0. The number of thioether (sulfide) groups is 1. The maximum Gasteiger partial charge on any atom is 0.220 e. The summed E-state index contributed by atoms with van der Waals surface area (Å²) in [5, 5.41) is 11.4. The Balaban J connectivity index is 3.77. The average molecular weight is 285 g/mol. The van der Waals surface area contributed by atoms with Crippen molar-refractivity contribution in [3.63, 3.8) is 0 Å². The molecule has 1 N–H and O–H groups in total. The maximum absolute atomic E-state index is 11.3. The molecule has 0 saturated heterocycles. The normalized spacial score (nSPS) is 11.4. The Kier molecular flexibility index (Phi) is 13.0. The standard InChI is InChI=1S/C14H27N3OS/c1-4-6-7-8-9-11-14(17-15-3)19-12-16-13(18)10-5-2/h3-12H2,1-2H3,(H,16,18)/b17-14-. The van der Waals surface area contributed by atoms with E-state index in [4.69, 9.17) is 0 Å². The number of nitrogens with zero attached hydrogens (tertiary/aromatic N) is 2. The van der Waals surface area contributed by atoms with E-state index >= 15 is 0 Å². The first-order chi connectivity index (χ1) is 9.24. The maximum atomic E-state index is 11.3. The smallest absolute Gasteiger partial charge is 0.220 e. The SMILES string of the molecule is C=N/N=C(/CCCCCCC)SCNC(=O)CCC. The first-order valence-corrected chi connectivity index (χ1v) is 8.15. The largest absolute Gasteiger partial charge is 0.347 e. The molecule has 5 heteroatoms. The molecule has 0 unspecified atom stereocenters. The summed E-state index contributed by atoms with van der Waals surface area (Å²) in [5.74, 6) is 0.672. The highest BCUT2D eigenvalue weighted by molar-refractivity contribution is 8.13. The lowest BCUT2D eigenvalue weighted by atomic mass is 10.1. The van der Waals surface area contributed by atoms with Crippen molar-refractivity contribution in [1.29, 1.82) is 0 Å². The highest BCUT2D eigenvalue weighted by atomic mass is 32.2. The van der Waals surface area contributed by atoms with Gasteiger partial charge in [0, 0.05) is 13.1 Å². The Labute approximate surface area is 121 Å². The van der Waals surface area contributed by atoms with Gasteiger partial charge in [-0.3, -0.25) is 4.79 Å². The summed E-state index contributed by atoms with van der Waals surface area (Å²) in [6.45, 7) is 7.60. The van der Waals surface area contributed by atoms with Gasteiger partial charge in [-0.05, 0) is 19.3 Å². The quantitative estimate of drug-likeness (QED) is 0.205. The van der Waals surface area contributed by atoms with Crippen LogP contribution in [0.15, 0.2) is 10.2 Å². The van der Waals surface area contributed by atoms with Crippen molar-refractivity contribution in [3.05, 3.63) is 0 Å². The van der Waals surface area contributed by atoms with E-state index in [0.29, 0.717) is 12.3 Å². The Morgan fingerprint density at radius 1 is 1.11 bits per heavy atom. The molecule has 0 aromatic rings. The predicted molar refractivity (Wildman–Crippen MR) is 85.9 cm³/mol. The summed E-state index contributed by atoms with van der Waals surface area (Å²) in [6, 6.07) is 0. The molecule has 0 aliphatic heterocycles. The first kappa shape index (κ1) is 18.2. The minimum absolute atomic E-state index is 0.101. The van der Waals surface area contributed by atoms with E-state index in [-0.39, 0.29) is 5.91 Å². The predicted octanol–water partition coefficient (Wildman–Crippen LogP) is 3.97. The van der Waals surface area contributed by atoms with Gasteiger partial charge in [-0.15, -0.1) is 5.10 Å². The van der Waals surface area contributed by atoms with Crippen LogP contribution < -0.4 is 5.32 Å². The van der Waals surface area contributed by atoms with E-state index in [1.54, 1.807) is 11.8 Å². The highest BCUT2D eigenvalue weighted by Crippen LogP contribution is 2.13. The highest BCUT2D eigenvalue weighted by Gasteiger charge is 2.03. The molecule has 0 heterocycles. The number of carbonyl (C=O) groups excluding carboxylic acids is 1. The average Bonchev–Trinajstić information content (AvgIpc) is 2.38. The molecule has 0 fully saturated rings. The van der Waals surface area contributed by atoms with E-state index in [2.05, 4.69) is 29.2 Å². The van der Waals surface area contributed by atoms with Crippen LogP contribution in [0.25, 0.3) is 0 Å². The van der Waals surface area contributed by atoms with Crippen molar-refractivity contribution < 1.29 is 4.79 Å². The van der Waals surface area contributed by atoms with Gasteiger partial charge in [-0.25, -0.2) is 0 Å². The molecule has 0 aliphatic carbocycles. The molecule has 4 nitrogen and oxygen atoms in total. The number of hydrogen-bond acceptors (Lipinski definition) is 4. The van der Waals surface area contributed by atoms with Crippen LogP contribution >= 0.6 is 11.8 Å². The first-order valence-electron chi connectivity index (χ1n) is 7.16. The van der Waals surface area contributed by atoms with Crippen LogP contribution in [0.5, 0.6) is 0 Å². The second kappa shape index (κ2) is 13.6. The van der Waals surface area contributed by atoms with E-state index in [1.165, 1.54) is 25.7 Å². The molecule has 0 aromatic heterocycles. The van der Waals surface area contributed by atoms with Gasteiger partial charge in [0.2, 0.25) is 5.91 Å². The van der Waals surface area contributed by atoms with Crippen LogP contribution in [0.4, 0.5) is 0 Å². The van der Waals surface area contributed by atoms with E-state index in [9.17, 15) is 4.79 Å². The Hall–Kier alpha value is -0.840. The van der Waals surface area contributed by atoms with Crippen LogP contribution in [-0.4, -0.2) is 23.5 Å². The van der Waals surface area contributed by atoms with Crippen molar-refractivity contribution >= 4 is 29.4 Å². The molecule has 0 aliphatic rings. The van der Waals surface area contributed by atoms with Crippen molar-refractivity contribution in [2.45, 2.75) is 65.2 Å². The molecular weight excluding hydrogens is 258 g/mol. The summed E-state index contributed by atoms with van der Waals surface area (Å²) in [6.07, 6.45) is 8.59. The molecular formula is C14H27N3OS. The molecule has 19 heavy (non-hydrogen) atoms. The van der Waals surface area contributed by atoms with Crippen LogP contribution in [0.1, 0.15) is 65.2 Å². The van der Waals surface area contributed by atoms with E-state index in [1.807, 2.05) is 6.92 Å². The lowest BCUT2D eigenvalue weighted by molar-refractivity contribution is -0.120. The minimum atomic E-state index is 0.101. The fourth-order valence-electron chi connectivity index (χ4n) is 1.63. The number of rotatable bonds is 11. The van der Waals surface area contributed by atoms with Gasteiger partial charge in [0.1, 0.15) is 0 Å². The van der Waals surface area contributed by atoms with Gasteiger partial charge in [0.05, 0.1) is 10.9 Å². The fraction of sp³-hybridized carbons (Fsp3) is 0.786. The van der Waals surface area contributed by atoms with Crippen LogP contribution in [0.3, 0.4) is 0 Å². The fourth-order valence-corrected chi connectivity index (χ4v) is 2.43. The molecule has 0 rings (SSSR count). The van der Waals surface area contributed by atoms with E-state index in [0.717, 1.165) is 24.3 Å². The monoisotopic (exact) mass is 285 g/mol. The summed E-state index contributed by atoms with van der Waals surface area (Å²) in [7, 11) is 0. The van der Waals surface area contributed by atoms with Crippen molar-refractivity contribution in [1.82, 2.24) is 5.32 Å². The summed E-state index contributed by atoms with van der Waals surface area (Å²) in [4.78, 5) is 11.3. The summed E-state index contributed by atoms with van der Waals surface area (Å²) >= 11 is 1.55. The van der Waals surface area contributed by atoms with Crippen molar-refractivity contribution in [3.8, 4) is 0 Å². The van der Waals surface area contributed by atoms with Crippen LogP contribution in [0.2, 0.25) is 0 Å². The molecule has 0 spiro atoms. The van der Waals surface area contributed by atoms with Gasteiger partial charge in [0.25, 0.3) is 0 Å². The number of nitrogens with one attached hydrogen (secondary N) is 1. The van der Waals surface area contributed by atoms with Crippen molar-refractivity contribution in [2.24, 2.45) is 10.2 Å². The summed E-state index contributed by atoms with van der Waals surface area (Å²) in [5.41, 5.74) is 0. The van der Waals surface area contributed by atoms with E-state index < -0.39 is 0 Å². The number of unbranched alkanes of at least 4 members (excludes halogenated alkanes) is 4. The second-order valence-corrected chi connectivity index (χ2v) is 5.49. The number of hydrogen-bond donors (Lipinski definition) is 1. The van der Waals surface area contributed by atoms with Crippen LogP contribution in [0, 0.1) is 0 Å². The molecule has 0 aromatic carbocycles. The number of carbonyl (C=O) groups is 1. The van der Waals surface area contributed by atoms with Gasteiger partial charge in [-0.1, -0.05) is 51.3 Å². The third kappa shape index (κ3) is 12.0. The lowest BCUT2D eigenvalue weighted by Crippen LogP contribution is -2.22. The van der Waals surface area contributed by atoms with Crippen LogP contribution in [-0.2, 0) is 4.79 Å². The van der Waals surface area contributed by atoms with Crippen molar-refractivity contribution in [2.75, 3.05) is 5.88 Å². The van der Waals surface area contributed by atoms with Gasteiger partial charge in [-0.2, -0.15) is 5.10 Å². The van der Waals surface area contributed by atoms with Gasteiger partial charge >= 0.3 is 0 Å². The Morgan fingerprint density at radius 2 is 1.84 bits per heavy atom. The van der Waals surface area contributed by atoms with Gasteiger partial charge in [0.15, 0.2) is 0 Å². The lowest BCUT2D eigenvalue weighted by Gasteiger charge is -2.06. The zero-order chi connectivity index (χ0) is 14.3. The molecule has 110 valence electrons. The molecule has 0 atom stereocenters. The minimum Gasteiger partial charge on any atom is -0.347 e. The number of amides is 1. The Bertz CT molecular complexity index is 280. The third-order valence-corrected chi connectivity index (χ3v) is 3.57. The molecule has 0 bridgehead atoms. The zero-order valence-electron chi connectivity index (χ0n) is 12.3. The zero-order valence-corrected chi connectivity index (χ0v) is 13.1. The topological polar surface area (TPSA) is 53.8 Å². The second-order valence-electron chi connectivity index (χ2n) is 4.44. The third-order valence-electron chi connectivity index (χ3n) is 2.66.